The maximum atomic E-state index is 10.9. The summed E-state index contributed by atoms with van der Waals surface area (Å²) in [6.07, 6.45) is 1.03. The molecule has 0 radical (unpaired) electrons. The van der Waals surface area contributed by atoms with Gasteiger partial charge in [-0.05, 0) is 12.3 Å². The Kier molecular flexibility index (Phi) is 2.97. The minimum Gasteiger partial charge on any atom is -0.280 e. The van der Waals surface area contributed by atoms with Crippen molar-refractivity contribution in [1.82, 2.24) is 9.78 Å². The molecule has 1 heterocycles. The minimum absolute atomic E-state index is 0.101. The summed E-state index contributed by atoms with van der Waals surface area (Å²) in [6, 6.07) is 1.51. The zero-order valence-electron chi connectivity index (χ0n) is 8.22. The molecule has 0 saturated carbocycles. The van der Waals surface area contributed by atoms with Crippen molar-refractivity contribution < 1.29 is 0 Å². The highest BCUT2D eigenvalue weighted by Gasteiger charge is 1.96. The Morgan fingerprint density at radius 1 is 1.69 bits per heavy atom. The molecular weight excluding hydrogens is 164 g/mol. The molecule has 0 amide bonds. The Morgan fingerprint density at radius 2 is 2.38 bits per heavy atom. The van der Waals surface area contributed by atoms with Crippen molar-refractivity contribution in [2.75, 3.05) is 0 Å². The Balaban J connectivity index is 2.89. The van der Waals surface area contributed by atoms with Crippen LogP contribution in [0.2, 0.25) is 0 Å². The fourth-order valence-electron chi connectivity index (χ4n) is 0.898. The van der Waals surface area contributed by atoms with E-state index in [9.17, 15) is 4.79 Å². The number of H-pyrrole nitrogens is 1. The molecule has 3 nitrogen and oxygen atoms in total. The van der Waals surface area contributed by atoms with Crippen LogP contribution in [0.3, 0.4) is 0 Å². The van der Waals surface area contributed by atoms with Gasteiger partial charge in [-0.2, -0.15) is 0 Å². The Labute approximate surface area is 77.8 Å². The topological polar surface area (TPSA) is 37.8 Å². The van der Waals surface area contributed by atoms with E-state index in [1.807, 2.05) is 0 Å². The van der Waals surface area contributed by atoms with E-state index in [1.54, 1.807) is 11.7 Å². The lowest BCUT2D eigenvalue weighted by molar-refractivity contribution is 0.720. The second-order valence-corrected chi connectivity index (χ2v) is 3.14. The molecule has 70 valence electrons. The van der Waals surface area contributed by atoms with Crippen molar-refractivity contribution in [1.29, 1.82) is 0 Å². The molecule has 13 heavy (non-hydrogen) atoms. The first-order valence-corrected chi connectivity index (χ1v) is 4.41. The first kappa shape index (κ1) is 9.66. The number of aromatic nitrogens is 2. The average molecular weight is 178 g/mol. The molecule has 1 atom stereocenters. The molecular formula is C10H14N2O. The number of rotatable bonds is 1. The molecule has 1 rings (SSSR count). The third-order valence-corrected chi connectivity index (χ3v) is 1.97. The van der Waals surface area contributed by atoms with Gasteiger partial charge >= 0.3 is 0 Å². The van der Waals surface area contributed by atoms with E-state index < -0.39 is 0 Å². The Bertz CT molecular complexity index is 389. The maximum Gasteiger partial charge on any atom is 0.265 e. The lowest BCUT2D eigenvalue weighted by Gasteiger charge is -1.95. The van der Waals surface area contributed by atoms with Gasteiger partial charge in [-0.1, -0.05) is 19.8 Å². The highest BCUT2D eigenvalue weighted by atomic mass is 16.1. The van der Waals surface area contributed by atoms with E-state index in [1.165, 1.54) is 6.07 Å². The molecule has 0 fully saturated rings. The largest absolute Gasteiger partial charge is 0.280 e. The molecule has 0 aliphatic carbocycles. The fourth-order valence-corrected chi connectivity index (χ4v) is 0.898. The first-order valence-electron chi connectivity index (χ1n) is 4.41. The number of aryl methyl sites for hydroxylation is 1. The molecule has 1 N–H and O–H groups in total. The van der Waals surface area contributed by atoms with Crippen molar-refractivity contribution in [2.45, 2.75) is 20.3 Å². The van der Waals surface area contributed by atoms with Crippen molar-refractivity contribution in [3.8, 4) is 11.8 Å². The zero-order valence-corrected chi connectivity index (χ0v) is 8.22. The van der Waals surface area contributed by atoms with Crippen LogP contribution in [0, 0.1) is 17.8 Å². The SMILES string of the molecule is CCC(C)C#Cc1cc(=O)[nH]n1C. The smallest absolute Gasteiger partial charge is 0.265 e. The number of nitrogens with zero attached hydrogens (tertiary/aromatic N) is 1. The summed E-state index contributed by atoms with van der Waals surface area (Å²) < 4.78 is 1.64. The summed E-state index contributed by atoms with van der Waals surface area (Å²) in [4.78, 5) is 10.9. The van der Waals surface area contributed by atoms with Crippen LogP contribution in [0.4, 0.5) is 0 Å². The summed E-state index contributed by atoms with van der Waals surface area (Å²) in [5.41, 5.74) is 0.640. The highest BCUT2D eigenvalue weighted by Crippen LogP contribution is 1.98. The van der Waals surface area contributed by atoms with Gasteiger partial charge in [0.25, 0.3) is 5.56 Å². The minimum atomic E-state index is -0.101. The van der Waals surface area contributed by atoms with Gasteiger partial charge in [0.2, 0.25) is 0 Å². The van der Waals surface area contributed by atoms with Gasteiger partial charge in [-0.3, -0.25) is 14.6 Å². The standard InChI is InChI=1S/C10H14N2O/c1-4-8(2)5-6-9-7-10(13)11-12(9)3/h7-8H,4H2,1-3H3,(H,11,13). The van der Waals surface area contributed by atoms with Crippen LogP contribution in [0.5, 0.6) is 0 Å². The van der Waals surface area contributed by atoms with Gasteiger partial charge in [-0.25, -0.2) is 0 Å². The van der Waals surface area contributed by atoms with Crippen molar-refractivity contribution in [3.05, 3.63) is 22.1 Å². The third-order valence-electron chi connectivity index (χ3n) is 1.97. The van der Waals surface area contributed by atoms with E-state index >= 15 is 0 Å². The fraction of sp³-hybridized carbons (Fsp3) is 0.500. The summed E-state index contributed by atoms with van der Waals surface area (Å²) in [6.45, 7) is 4.16. The molecule has 3 heteroatoms. The normalized spacial score (nSPS) is 11.9. The lowest BCUT2D eigenvalue weighted by Crippen LogP contribution is -2.01. The predicted octanol–water partition coefficient (Wildman–Crippen LogP) is 1.11. The summed E-state index contributed by atoms with van der Waals surface area (Å²) in [7, 11) is 1.78. The zero-order chi connectivity index (χ0) is 9.84. The van der Waals surface area contributed by atoms with Gasteiger partial charge in [-0.15, -0.1) is 0 Å². The second kappa shape index (κ2) is 3.99. The van der Waals surface area contributed by atoms with Crippen LogP contribution in [0.15, 0.2) is 10.9 Å². The van der Waals surface area contributed by atoms with Gasteiger partial charge in [0.15, 0.2) is 0 Å². The van der Waals surface area contributed by atoms with Gasteiger partial charge in [0.1, 0.15) is 5.69 Å². The highest BCUT2D eigenvalue weighted by molar-refractivity contribution is 5.27. The van der Waals surface area contributed by atoms with E-state index in [4.69, 9.17) is 0 Å². The number of aromatic amines is 1. The van der Waals surface area contributed by atoms with Crippen LogP contribution < -0.4 is 5.56 Å². The molecule has 0 aromatic carbocycles. The van der Waals surface area contributed by atoms with E-state index in [-0.39, 0.29) is 5.56 Å². The van der Waals surface area contributed by atoms with E-state index in [0.29, 0.717) is 5.92 Å². The third kappa shape index (κ3) is 2.51. The summed E-state index contributed by atoms with van der Waals surface area (Å²) in [5.74, 6) is 6.42. The molecule has 0 aliphatic rings. The summed E-state index contributed by atoms with van der Waals surface area (Å²) >= 11 is 0. The van der Waals surface area contributed by atoms with Gasteiger partial charge in [0.05, 0.1) is 0 Å². The van der Waals surface area contributed by atoms with Crippen molar-refractivity contribution >= 4 is 0 Å². The molecule has 0 spiro atoms. The lowest BCUT2D eigenvalue weighted by atomic mass is 10.1. The van der Waals surface area contributed by atoms with Crippen molar-refractivity contribution in [3.63, 3.8) is 0 Å². The second-order valence-electron chi connectivity index (χ2n) is 3.14. The quantitative estimate of drug-likeness (QED) is 0.643. The van der Waals surface area contributed by atoms with Crippen LogP contribution in [-0.4, -0.2) is 9.78 Å². The predicted molar refractivity (Wildman–Crippen MR) is 52.4 cm³/mol. The molecule has 0 bridgehead atoms. The number of hydrogen-bond acceptors (Lipinski definition) is 1. The average Bonchev–Trinajstić information content (AvgIpc) is 2.41. The van der Waals surface area contributed by atoms with Gasteiger partial charge < -0.3 is 0 Å². The van der Waals surface area contributed by atoms with Gasteiger partial charge in [0, 0.05) is 19.0 Å². The molecule has 1 aromatic rings. The van der Waals surface area contributed by atoms with Crippen LogP contribution in [0.25, 0.3) is 0 Å². The molecule has 0 saturated heterocycles. The van der Waals surface area contributed by atoms with E-state index in [0.717, 1.165) is 12.1 Å². The maximum absolute atomic E-state index is 10.9. The monoisotopic (exact) mass is 178 g/mol. The van der Waals surface area contributed by atoms with Crippen LogP contribution in [0.1, 0.15) is 26.0 Å². The molecule has 0 aliphatic heterocycles. The Hall–Kier alpha value is -1.43. The number of hydrogen-bond donors (Lipinski definition) is 1. The van der Waals surface area contributed by atoms with E-state index in [2.05, 4.69) is 30.8 Å². The van der Waals surface area contributed by atoms with Crippen molar-refractivity contribution in [2.24, 2.45) is 13.0 Å². The molecule has 1 unspecified atom stereocenters. The first-order chi connectivity index (χ1) is 6.13. The van der Waals surface area contributed by atoms with Crippen LogP contribution in [-0.2, 0) is 7.05 Å². The van der Waals surface area contributed by atoms with Crippen LogP contribution >= 0.6 is 0 Å². The summed E-state index contributed by atoms with van der Waals surface area (Å²) in [5, 5.41) is 2.61. The molecule has 1 aromatic heterocycles. The number of nitrogens with one attached hydrogen (secondary N) is 1. The Morgan fingerprint density at radius 3 is 2.85 bits per heavy atom.